The van der Waals surface area contributed by atoms with Crippen LogP contribution >= 0.6 is 11.9 Å². The summed E-state index contributed by atoms with van der Waals surface area (Å²) in [6.07, 6.45) is 0. The van der Waals surface area contributed by atoms with Gasteiger partial charge in [0.15, 0.2) is 11.5 Å². The fourth-order valence-electron chi connectivity index (χ4n) is 2.56. The number of nitrogens with zero attached hydrogens (tertiary/aromatic N) is 2. The van der Waals surface area contributed by atoms with Gasteiger partial charge in [-0.15, -0.1) is 0 Å². The van der Waals surface area contributed by atoms with E-state index in [1.165, 1.54) is 16.3 Å². The second-order valence-corrected chi connectivity index (χ2v) is 5.99. The Labute approximate surface area is 120 Å². The van der Waals surface area contributed by atoms with Crippen LogP contribution < -0.4 is 0 Å². The topological polar surface area (TPSA) is 65.7 Å². The van der Waals surface area contributed by atoms with Gasteiger partial charge in [-0.1, -0.05) is 11.6 Å². The molecule has 2 aromatic rings. The molecular weight excluding hydrogens is 276 g/mol. The minimum Gasteiger partial charge on any atom is -0.504 e. The molecule has 0 amide bonds. The lowest BCUT2D eigenvalue weighted by molar-refractivity contribution is -0.133. The van der Waals surface area contributed by atoms with Crippen molar-refractivity contribution in [3.63, 3.8) is 0 Å². The molecule has 2 N–H and O–H groups in total. The van der Waals surface area contributed by atoms with Crippen LogP contribution in [-0.2, 0) is 11.8 Å². The zero-order chi connectivity index (χ0) is 14.6. The quantitative estimate of drug-likeness (QED) is 0.791. The maximum absolute atomic E-state index is 11.3. The van der Waals surface area contributed by atoms with E-state index < -0.39 is 5.97 Å². The number of hydrogen-bond acceptors (Lipinski definition) is 4. The van der Waals surface area contributed by atoms with E-state index in [2.05, 4.69) is 0 Å². The molecule has 0 spiro atoms. The van der Waals surface area contributed by atoms with Crippen LogP contribution in [0.25, 0.3) is 16.7 Å². The van der Waals surface area contributed by atoms with E-state index in [-0.39, 0.29) is 11.5 Å². The number of aliphatic hydroxyl groups is 1. The number of aliphatic hydroxyl groups excluding tert-OH is 1. The Bertz CT molecular complexity index is 776. The molecule has 1 aliphatic rings. The van der Waals surface area contributed by atoms with Crippen molar-refractivity contribution < 1.29 is 15.0 Å². The van der Waals surface area contributed by atoms with Crippen molar-refractivity contribution in [2.45, 2.75) is 11.8 Å². The number of carboxylic acid groups (broad SMARTS) is 1. The molecular formula is C14H14N2O3S. The summed E-state index contributed by atoms with van der Waals surface area (Å²) in [4.78, 5) is 12.2. The third-order valence-electron chi connectivity index (χ3n) is 3.50. The van der Waals surface area contributed by atoms with E-state index in [4.69, 9.17) is 0 Å². The van der Waals surface area contributed by atoms with Crippen molar-refractivity contribution in [1.29, 1.82) is 0 Å². The molecule has 0 radical (unpaired) electrons. The molecule has 1 aromatic carbocycles. The van der Waals surface area contributed by atoms with Gasteiger partial charge in [0.1, 0.15) is 5.69 Å². The average Bonchev–Trinajstić information content (AvgIpc) is 2.62. The van der Waals surface area contributed by atoms with Crippen molar-refractivity contribution in [2.75, 3.05) is 7.05 Å². The first-order valence-corrected chi connectivity index (χ1v) is 6.86. The average molecular weight is 290 g/mol. The van der Waals surface area contributed by atoms with Crippen LogP contribution in [0, 0.1) is 6.92 Å². The lowest BCUT2D eigenvalue weighted by atomic mass is 10.1. The lowest BCUT2D eigenvalue weighted by Gasteiger charge is -2.24. The van der Waals surface area contributed by atoms with Gasteiger partial charge >= 0.3 is 5.97 Å². The highest BCUT2D eigenvalue weighted by Gasteiger charge is 2.32. The number of fused-ring (bicyclic) bond motifs is 3. The van der Waals surface area contributed by atoms with Crippen LogP contribution in [0.1, 0.15) is 11.3 Å². The summed E-state index contributed by atoms with van der Waals surface area (Å²) in [6.45, 7) is 2.01. The Morgan fingerprint density at radius 3 is 2.65 bits per heavy atom. The number of rotatable bonds is 1. The first kappa shape index (κ1) is 12.9. The molecule has 3 rings (SSSR count). The molecule has 0 saturated carbocycles. The van der Waals surface area contributed by atoms with Crippen LogP contribution in [0.3, 0.4) is 0 Å². The molecule has 1 aromatic heterocycles. The number of likely N-dealkylation sites (N-methyl/N-ethyl adjacent to an activating group) is 1. The van der Waals surface area contributed by atoms with Crippen LogP contribution in [0.4, 0.5) is 0 Å². The summed E-state index contributed by atoms with van der Waals surface area (Å²) < 4.78 is 3.32. The molecule has 0 bridgehead atoms. The van der Waals surface area contributed by atoms with Gasteiger partial charge < -0.3 is 19.1 Å². The first-order valence-electron chi connectivity index (χ1n) is 6.09. The SMILES string of the molecule is Cc1ccc2c(c1)c1c(n2C)C(O)=C(C(=O)O)N(C)S1. The summed E-state index contributed by atoms with van der Waals surface area (Å²) in [5.74, 6) is -1.32. The second-order valence-electron chi connectivity index (χ2n) is 4.85. The molecule has 2 heterocycles. The van der Waals surface area contributed by atoms with Crippen molar-refractivity contribution in [3.05, 3.63) is 35.2 Å². The maximum Gasteiger partial charge on any atom is 0.357 e. The molecule has 0 saturated heterocycles. The van der Waals surface area contributed by atoms with Crippen molar-refractivity contribution in [1.82, 2.24) is 8.87 Å². The lowest BCUT2D eigenvalue weighted by Crippen LogP contribution is -2.22. The van der Waals surface area contributed by atoms with Crippen LogP contribution in [0.5, 0.6) is 0 Å². The van der Waals surface area contributed by atoms with E-state index >= 15 is 0 Å². The number of aryl methyl sites for hydroxylation is 2. The standard InChI is InChI=1S/C14H14N2O3S/c1-7-4-5-9-8(6-7)13-10(15(9)2)12(17)11(14(18)19)16(3)20-13/h4-6,17H,1-3H3,(H,18,19). The number of aliphatic carboxylic acids is 1. The molecule has 1 aliphatic heterocycles. The van der Waals surface area contributed by atoms with Crippen molar-refractivity contribution >= 4 is 34.6 Å². The van der Waals surface area contributed by atoms with Gasteiger partial charge in [-0.2, -0.15) is 0 Å². The molecule has 0 fully saturated rings. The minimum absolute atomic E-state index is 0.0925. The maximum atomic E-state index is 11.3. The highest BCUT2D eigenvalue weighted by Crippen LogP contribution is 2.44. The number of carboxylic acids is 1. The van der Waals surface area contributed by atoms with E-state index in [1.807, 2.05) is 36.7 Å². The van der Waals surface area contributed by atoms with E-state index in [1.54, 1.807) is 7.05 Å². The first-order chi connectivity index (χ1) is 9.41. The molecule has 0 aliphatic carbocycles. The van der Waals surface area contributed by atoms with Gasteiger partial charge in [-0.05, 0) is 31.0 Å². The fraction of sp³-hybridized carbons (Fsp3) is 0.214. The van der Waals surface area contributed by atoms with Crippen LogP contribution in [-0.4, -0.2) is 32.1 Å². The van der Waals surface area contributed by atoms with Crippen LogP contribution in [0.15, 0.2) is 28.8 Å². The number of carbonyl (C=O) groups is 1. The normalized spacial score (nSPS) is 14.8. The Balaban J connectivity index is 2.40. The molecule has 0 atom stereocenters. The summed E-state index contributed by atoms with van der Waals surface area (Å²) in [5.41, 5.74) is 2.57. The zero-order valence-electron chi connectivity index (χ0n) is 11.3. The Kier molecular flexibility index (Phi) is 2.72. The third-order valence-corrected chi connectivity index (χ3v) is 4.56. The second kappa shape index (κ2) is 4.21. The summed E-state index contributed by atoms with van der Waals surface area (Å²) in [6, 6.07) is 6.03. The summed E-state index contributed by atoms with van der Waals surface area (Å²) >= 11 is 1.32. The van der Waals surface area contributed by atoms with E-state index in [9.17, 15) is 15.0 Å². The molecule has 6 heteroatoms. The number of benzene rings is 1. The highest BCUT2D eigenvalue weighted by atomic mass is 32.2. The Hall–Kier alpha value is -2.08. The van der Waals surface area contributed by atoms with Crippen LogP contribution in [0.2, 0.25) is 0 Å². The highest BCUT2D eigenvalue weighted by molar-refractivity contribution is 7.97. The molecule has 5 nitrogen and oxygen atoms in total. The van der Waals surface area contributed by atoms with Gasteiger partial charge in [0.2, 0.25) is 0 Å². The van der Waals surface area contributed by atoms with Gasteiger partial charge in [-0.3, -0.25) is 0 Å². The predicted molar refractivity (Wildman–Crippen MR) is 78.5 cm³/mol. The Morgan fingerprint density at radius 1 is 1.30 bits per heavy atom. The molecule has 104 valence electrons. The smallest absolute Gasteiger partial charge is 0.357 e. The number of hydrogen-bond donors (Lipinski definition) is 2. The van der Waals surface area contributed by atoms with Crippen molar-refractivity contribution in [3.8, 4) is 0 Å². The third kappa shape index (κ3) is 1.61. The Morgan fingerprint density at radius 2 is 2.00 bits per heavy atom. The fourth-order valence-corrected chi connectivity index (χ4v) is 3.67. The van der Waals surface area contributed by atoms with Gasteiger partial charge in [0, 0.05) is 25.0 Å². The van der Waals surface area contributed by atoms with Gasteiger partial charge in [-0.25, -0.2) is 4.79 Å². The van der Waals surface area contributed by atoms with Gasteiger partial charge in [0.25, 0.3) is 0 Å². The van der Waals surface area contributed by atoms with E-state index in [0.29, 0.717) is 5.69 Å². The largest absolute Gasteiger partial charge is 0.504 e. The van der Waals surface area contributed by atoms with Crippen molar-refractivity contribution in [2.24, 2.45) is 7.05 Å². The molecule has 0 unspecified atom stereocenters. The summed E-state index contributed by atoms with van der Waals surface area (Å²) in [5, 5.41) is 20.6. The van der Waals surface area contributed by atoms with E-state index in [0.717, 1.165) is 21.4 Å². The zero-order valence-corrected chi connectivity index (χ0v) is 12.2. The predicted octanol–water partition coefficient (Wildman–Crippen LogP) is 2.75. The minimum atomic E-state index is -1.13. The van der Waals surface area contributed by atoms with Gasteiger partial charge in [0.05, 0.1) is 4.90 Å². The molecule has 20 heavy (non-hydrogen) atoms. The monoisotopic (exact) mass is 290 g/mol. The summed E-state index contributed by atoms with van der Waals surface area (Å²) in [7, 11) is 3.47. The number of aromatic nitrogens is 1.